The summed E-state index contributed by atoms with van der Waals surface area (Å²) in [6.07, 6.45) is 0.573. The second-order valence-corrected chi connectivity index (χ2v) is 8.23. The molecule has 0 amide bonds. The maximum atomic E-state index is 14.5. The first-order valence-electron chi connectivity index (χ1n) is 11.2. The van der Waals surface area contributed by atoms with Gasteiger partial charge in [-0.1, -0.05) is 61.9 Å². The number of rotatable bonds is 7. The lowest BCUT2D eigenvalue weighted by molar-refractivity contribution is -0.238. The Morgan fingerprint density at radius 3 is 1.97 bits per heavy atom. The summed E-state index contributed by atoms with van der Waals surface area (Å²) in [5, 5.41) is 0. The van der Waals surface area contributed by atoms with Gasteiger partial charge in [0.05, 0.1) is 19.8 Å². The molecule has 0 aromatic heterocycles. The van der Waals surface area contributed by atoms with Gasteiger partial charge in [0.1, 0.15) is 0 Å². The van der Waals surface area contributed by atoms with Crippen LogP contribution in [0.15, 0.2) is 60.7 Å². The lowest BCUT2D eigenvalue weighted by Gasteiger charge is -2.34. The molecule has 0 unspecified atom stereocenters. The molecule has 1 heterocycles. The van der Waals surface area contributed by atoms with E-state index < -0.39 is 23.6 Å². The van der Waals surface area contributed by atoms with Crippen molar-refractivity contribution in [3.8, 4) is 28.0 Å². The summed E-state index contributed by atoms with van der Waals surface area (Å²) in [6.45, 7) is 3.96. The van der Waals surface area contributed by atoms with E-state index in [1.807, 2.05) is 43.3 Å². The zero-order valence-corrected chi connectivity index (χ0v) is 18.7. The minimum absolute atomic E-state index is 0.0252. The molecule has 0 N–H and O–H groups in total. The van der Waals surface area contributed by atoms with E-state index in [0.717, 1.165) is 23.1 Å². The fraction of sp³-hybridized carbons (Fsp3) is 0.333. The molecule has 0 bridgehead atoms. The van der Waals surface area contributed by atoms with Crippen LogP contribution in [0, 0.1) is 11.6 Å². The average Bonchev–Trinajstić information content (AvgIpc) is 2.83. The Hall–Kier alpha value is -2.83. The van der Waals surface area contributed by atoms with Crippen molar-refractivity contribution in [1.29, 1.82) is 0 Å². The van der Waals surface area contributed by atoms with Crippen molar-refractivity contribution >= 4 is 0 Å². The van der Waals surface area contributed by atoms with Gasteiger partial charge in [-0.2, -0.15) is 4.39 Å². The van der Waals surface area contributed by atoms with Crippen molar-refractivity contribution in [2.45, 2.75) is 38.6 Å². The van der Waals surface area contributed by atoms with Crippen molar-refractivity contribution in [3.05, 3.63) is 77.9 Å². The fourth-order valence-electron chi connectivity index (χ4n) is 4.02. The van der Waals surface area contributed by atoms with Gasteiger partial charge in [0, 0.05) is 11.1 Å². The van der Waals surface area contributed by atoms with Gasteiger partial charge in [0.25, 0.3) is 0 Å². The highest BCUT2D eigenvalue weighted by Crippen LogP contribution is 2.34. The summed E-state index contributed by atoms with van der Waals surface area (Å²) >= 11 is 0. The first-order chi connectivity index (χ1) is 15.9. The van der Waals surface area contributed by atoms with Crippen molar-refractivity contribution in [2.24, 2.45) is 0 Å². The number of benzene rings is 3. The van der Waals surface area contributed by atoms with Crippen LogP contribution in [0.2, 0.25) is 0 Å². The predicted molar refractivity (Wildman–Crippen MR) is 122 cm³/mol. The highest BCUT2D eigenvalue weighted by Gasteiger charge is 2.36. The highest BCUT2D eigenvalue weighted by atomic mass is 19.2. The number of alkyl halides is 1. The molecule has 1 aliphatic heterocycles. The van der Waals surface area contributed by atoms with Crippen LogP contribution < -0.4 is 4.74 Å². The van der Waals surface area contributed by atoms with E-state index in [9.17, 15) is 13.2 Å². The molecule has 174 valence electrons. The zero-order valence-electron chi connectivity index (χ0n) is 18.7. The number of halogens is 3. The summed E-state index contributed by atoms with van der Waals surface area (Å²) in [7, 11) is 0. The fourth-order valence-corrected chi connectivity index (χ4v) is 4.02. The highest BCUT2D eigenvalue weighted by molar-refractivity contribution is 5.71. The molecule has 6 heteroatoms. The number of ether oxygens (including phenoxy) is 3. The first-order valence-corrected chi connectivity index (χ1v) is 11.2. The summed E-state index contributed by atoms with van der Waals surface area (Å²) in [5.74, 6) is -2.01. The lowest BCUT2D eigenvalue weighted by atomic mass is 9.98. The maximum absolute atomic E-state index is 14.5. The van der Waals surface area contributed by atoms with Gasteiger partial charge in [0.2, 0.25) is 5.82 Å². The standard InChI is InChI=1S/C27H27F3O3/c1-3-15-27(30)16-32-26(33-17-27)21-11-7-19(8-12-21)18-5-9-20(10-6-18)22-13-14-23(31-4-2)25(29)24(22)28/h5-14,26H,3-4,15-17H2,1-2H3. The first kappa shape index (κ1) is 23.3. The molecular weight excluding hydrogens is 429 g/mol. The summed E-state index contributed by atoms with van der Waals surface area (Å²) in [4.78, 5) is 0. The molecule has 0 aliphatic carbocycles. The van der Waals surface area contributed by atoms with Crippen LogP contribution in [0.4, 0.5) is 13.2 Å². The Bertz CT molecular complexity index is 1070. The average molecular weight is 457 g/mol. The molecule has 0 radical (unpaired) electrons. The Morgan fingerprint density at radius 1 is 0.818 bits per heavy atom. The Kier molecular flexibility index (Phi) is 7.05. The molecule has 3 aromatic rings. The lowest BCUT2D eigenvalue weighted by Crippen LogP contribution is -2.41. The van der Waals surface area contributed by atoms with E-state index in [4.69, 9.17) is 14.2 Å². The smallest absolute Gasteiger partial charge is 0.201 e. The molecule has 33 heavy (non-hydrogen) atoms. The second-order valence-electron chi connectivity index (χ2n) is 8.23. The maximum Gasteiger partial charge on any atom is 0.201 e. The summed E-state index contributed by atoms with van der Waals surface area (Å²) < 4.78 is 59.6. The molecule has 1 fully saturated rings. The van der Waals surface area contributed by atoms with Crippen molar-refractivity contribution in [1.82, 2.24) is 0 Å². The van der Waals surface area contributed by atoms with E-state index in [1.165, 1.54) is 12.1 Å². The molecule has 1 saturated heterocycles. The van der Waals surface area contributed by atoms with Gasteiger partial charge in [-0.05, 0) is 42.2 Å². The van der Waals surface area contributed by atoms with Crippen LogP contribution in [-0.2, 0) is 9.47 Å². The van der Waals surface area contributed by atoms with Crippen molar-refractivity contribution < 1.29 is 27.4 Å². The van der Waals surface area contributed by atoms with Gasteiger partial charge in [-0.3, -0.25) is 0 Å². The van der Waals surface area contributed by atoms with Crippen molar-refractivity contribution in [3.63, 3.8) is 0 Å². The molecule has 0 atom stereocenters. The van der Waals surface area contributed by atoms with Crippen LogP contribution in [0.3, 0.4) is 0 Å². The minimum Gasteiger partial charge on any atom is -0.491 e. The van der Waals surface area contributed by atoms with Crippen LogP contribution in [-0.4, -0.2) is 25.5 Å². The van der Waals surface area contributed by atoms with Gasteiger partial charge in [-0.25, -0.2) is 8.78 Å². The quantitative estimate of drug-likeness (QED) is 0.375. The third-order valence-corrected chi connectivity index (χ3v) is 5.74. The van der Waals surface area contributed by atoms with Crippen LogP contribution in [0.1, 0.15) is 38.5 Å². The molecule has 0 spiro atoms. The van der Waals surface area contributed by atoms with Crippen LogP contribution in [0.5, 0.6) is 5.75 Å². The summed E-state index contributed by atoms with van der Waals surface area (Å²) in [5.41, 5.74) is 2.02. The topological polar surface area (TPSA) is 27.7 Å². The molecule has 0 saturated carbocycles. The molecular formula is C27H27F3O3. The zero-order chi connectivity index (χ0) is 23.4. The third kappa shape index (κ3) is 5.07. The minimum atomic E-state index is -1.42. The molecule has 3 nitrogen and oxygen atoms in total. The second kappa shape index (κ2) is 9.98. The Morgan fingerprint density at radius 2 is 1.39 bits per heavy atom. The van der Waals surface area contributed by atoms with Gasteiger partial charge < -0.3 is 14.2 Å². The molecule has 4 rings (SSSR count). The van der Waals surface area contributed by atoms with Crippen LogP contribution >= 0.6 is 0 Å². The predicted octanol–water partition coefficient (Wildman–Crippen LogP) is 7.25. The van der Waals surface area contributed by atoms with E-state index in [2.05, 4.69) is 0 Å². The number of hydrogen-bond acceptors (Lipinski definition) is 3. The van der Waals surface area contributed by atoms with E-state index in [0.29, 0.717) is 12.0 Å². The monoisotopic (exact) mass is 456 g/mol. The number of hydrogen-bond donors (Lipinski definition) is 0. The normalized spacial score (nSPS) is 20.6. The third-order valence-electron chi connectivity index (χ3n) is 5.74. The van der Waals surface area contributed by atoms with E-state index >= 15 is 0 Å². The van der Waals surface area contributed by atoms with Crippen LogP contribution in [0.25, 0.3) is 22.3 Å². The Balaban J connectivity index is 1.46. The van der Waals surface area contributed by atoms with Gasteiger partial charge >= 0.3 is 0 Å². The molecule has 1 aliphatic rings. The van der Waals surface area contributed by atoms with Gasteiger partial charge in [-0.15, -0.1) is 0 Å². The van der Waals surface area contributed by atoms with Gasteiger partial charge in [0.15, 0.2) is 23.5 Å². The van der Waals surface area contributed by atoms with Crippen molar-refractivity contribution in [2.75, 3.05) is 19.8 Å². The van der Waals surface area contributed by atoms with E-state index in [-0.39, 0.29) is 31.1 Å². The summed E-state index contributed by atoms with van der Waals surface area (Å²) in [6, 6.07) is 17.8. The van der Waals surface area contributed by atoms with E-state index in [1.54, 1.807) is 19.1 Å². The largest absolute Gasteiger partial charge is 0.491 e. The molecule has 3 aromatic carbocycles. The SMILES string of the molecule is CCCC1(F)COC(c2ccc(-c3ccc(-c4ccc(OCC)c(F)c4F)cc3)cc2)OC1. The Labute approximate surface area is 192 Å².